The van der Waals surface area contributed by atoms with Crippen molar-refractivity contribution in [2.75, 3.05) is 23.5 Å². The lowest BCUT2D eigenvalue weighted by atomic mass is 10.1. The molecule has 0 saturated carbocycles. The van der Waals surface area contributed by atoms with Gasteiger partial charge >= 0.3 is 0 Å². The topological polar surface area (TPSA) is 76.0 Å². The van der Waals surface area contributed by atoms with Gasteiger partial charge in [-0.15, -0.1) is 0 Å². The number of ether oxygens (including phenoxy) is 1. The van der Waals surface area contributed by atoms with Crippen LogP contribution in [0.4, 0.5) is 5.69 Å². The lowest BCUT2D eigenvalue weighted by molar-refractivity contribution is -0.117. The minimum Gasteiger partial charge on any atom is -0.497 e. The maximum absolute atomic E-state index is 12.5. The third-order valence-corrected chi connectivity index (χ3v) is 8.05. The first-order chi connectivity index (χ1) is 13.4. The van der Waals surface area contributed by atoms with Gasteiger partial charge in [-0.05, 0) is 29.8 Å². The number of methoxy groups -OCH3 is 1. The Bertz CT molecular complexity index is 1000. The van der Waals surface area contributed by atoms with Crippen molar-refractivity contribution >= 4 is 38.4 Å². The van der Waals surface area contributed by atoms with E-state index in [1.54, 1.807) is 7.11 Å². The first kappa shape index (κ1) is 19.0. The summed E-state index contributed by atoms with van der Waals surface area (Å²) >= 11 is 1.38. The van der Waals surface area contributed by atoms with Crippen LogP contribution in [0.25, 0.3) is 0 Å². The highest BCUT2D eigenvalue weighted by Crippen LogP contribution is 2.41. The summed E-state index contributed by atoms with van der Waals surface area (Å²) in [5.41, 5.74) is 1.71. The quantitative estimate of drug-likeness (QED) is 0.762. The van der Waals surface area contributed by atoms with Crippen molar-refractivity contribution in [3.63, 3.8) is 0 Å². The molecule has 0 aromatic heterocycles. The summed E-state index contributed by atoms with van der Waals surface area (Å²) in [6, 6.07) is 16.6. The highest BCUT2D eigenvalue weighted by Gasteiger charge is 2.49. The average molecular weight is 417 g/mol. The van der Waals surface area contributed by atoms with Crippen LogP contribution in [0.1, 0.15) is 5.56 Å². The van der Waals surface area contributed by atoms with Crippen LogP contribution in [-0.2, 0) is 21.1 Å². The number of benzene rings is 2. The normalized spacial score (nSPS) is 24.3. The van der Waals surface area contributed by atoms with Gasteiger partial charge in [0.2, 0.25) is 0 Å². The van der Waals surface area contributed by atoms with Gasteiger partial charge in [-0.2, -0.15) is 4.99 Å². The van der Waals surface area contributed by atoms with E-state index in [4.69, 9.17) is 4.74 Å². The number of hydrogen-bond acceptors (Lipinski definition) is 5. The van der Waals surface area contributed by atoms with Crippen LogP contribution in [0, 0.1) is 0 Å². The number of carbonyl (C=O) groups is 1. The van der Waals surface area contributed by atoms with Crippen molar-refractivity contribution in [2.24, 2.45) is 4.99 Å². The molecule has 6 nitrogen and oxygen atoms in total. The predicted molar refractivity (Wildman–Crippen MR) is 112 cm³/mol. The van der Waals surface area contributed by atoms with Gasteiger partial charge in [0.1, 0.15) is 5.75 Å². The number of carbonyl (C=O) groups excluding carboxylic acids is 1. The van der Waals surface area contributed by atoms with Crippen LogP contribution >= 0.6 is 11.8 Å². The molecule has 0 aliphatic carbocycles. The Kier molecular flexibility index (Phi) is 5.16. The number of sulfone groups is 1. The predicted octanol–water partition coefficient (Wildman–Crippen LogP) is 2.54. The highest BCUT2D eigenvalue weighted by atomic mass is 32.2. The maximum atomic E-state index is 12.5. The summed E-state index contributed by atoms with van der Waals surface area (Å²) in [6.07, 6.45) is 0.217. The van der Waals surface area contributed by atoms with Crippen molar-refractivity contribution in [3.05, 3.63) is 60.2 Å². The van der Waals surface area contributed by atoms with Gasteiger partial charge in [0, 0.05) is 10.9 Å². The van der Waals surface area contributed by atoms with Gasteiger partial charge in [-0.25, -0.2) is 8.42 Å². The molecule has 8 heteroatoms. The molecule has 2 fully saturated rings. The van der Waals surface area contributed by atoms with E-state index in [2.05, 4.69) is 4.99 Å². The zero-order valence-electron chi connectivity index (χ0n) is 15.3. The molecule has 2 heterocycles. The lowest BCUT2D eigenvalue weighted by Crippen LogP contribution is -2.37. The van der Waals surface area contributed by atoms with E-state index in [1.807, 2.05) is 59.5 Å². The third kappa shape index (κ3) is 3.93. The fourth-order valence-electron chi connectivity index (χ4n) is 3.53. The summed E-state index contributed by atoms with van der Waals surface area (Å²) in [4.78, 5) is 18.8. The zero-order chi connectivity index (χ0) is 19.7. The summed E-state index contributed by atoms with van der Waals surface area (Å²) in [5.74, 6) is 0.656. The third-order valence-electron chi connectivity index (χ3n) is 4.84. The Hall–Kier alpha value is -2.32. The number of thioether (sulfide) groups is 1. The second-order valence-corrected chi connectivity index (χ2v) is 10.2. The Balaban J connectivity index is 1.64. The molecule has 4 rings (SSSR count). The molecule has 2 aliphatic heterocycles. The lowest BCUT2D eigenvalue weighted by Gasteiger charge is -2.24. The molecule has 146 valence electrons. The molecule has 2 aliphatic rings. The zero-order valence-corrected chi connectivity index (χ0v) is 16.9. The van der Waals surface area contributed by atoms with E-state index in [1.165, 1.54) is 11.8 Å². The smallest absolute Gasteiger partial charge is 0.252 e. The van der Waals surface area contributed by atoms with Crippen LogP contribution in [-0.4, -0.2) is 49.4 Å². The molecule has 2 unspecified atom stereocenters. The Morgan fingerprint density at radius 3 is 2.54 bits per heavy atom. The Morgan fingerprint density at radius 1 is 1.14 bits per heavy atom. The molecule has 0 bridgehead atoms. The molecule has 2 aromatic carbocycles. The van der Waals surface area contributed by atoms with E-state index in [0.717, 1.165) is 11.3 Å². The van der Waals surface area contributed by atoms with E-state index in [0.29, 0.717) is 10.9 Å². The minimum atomic E-state index is -3.09. The van der Waals surface area contributed by atoms with Crippen LogP contribution in [0.3, 0.4) is 0 Å². The molecule has 0 radical (unpaired) electrons. The van der Waals surface area contributed by atoms with E-state index in [-0.39, 0.29) is 35.1 Å². The van der Waals surface area contributed by atoms with E-state index < -0.39 is 9.84 Å². The molecule has 28 heavy (non-hydrogen) atoms. The number of amides is 1. The summed E-state index contributed by atoms with van der Waals surface area (Å²) in [7, 11) is -1.49. The highest BCUT2D eigenvalue weighted by molar-refractivity contribution is 8.16. The molecule has 0 spiro atoms. The molecule has 0 N–H and O–H groups in total. The summed E-state index contributed by atoms with van der Waals surface area (Å²) in [5, 5.41) is 0.450. The number of fused-ring (bicyclic) bond motifs is 1. The SMILES string of the molecule is COc1ccc(N2C(=NC(=O)Cc3ccccc3)SC3CS(=O)(=O)CC32)cc1. The van der Waals surface area contributed by atoms with Crippen LogP contribution < -0.4 is 9.64 Å². The van der Waals surface area contributed by atoms with Crippen molar-refractivity contribution in [1.82, 2.24) is 0 Å². The summed E-state index contributed by atoms with van der Waals surface area (Å²) in [6.45, 7) is 0. The maximum Gasteiger partial charge on any atom is 0.252 e. The summed E-state index contributed by atoms with van der Waals surface area (Å²) < 4.78 is 29.5. The number of rotatable bonds is 4. The van der Waals surface area contributed by atoms with Gasteiger partial charge < -0.3 is 9.64 Å². The number of aliphatic imine (C=N–C) groups is 1. The van der Waals surface area contributed by atoms with Crippen molar-refractivity contribution in [2.45, 2.75) is 17.7 Å². The fourth-order valence-corrected chi connectivity index (χ4v) is 7.46. The molecule has 2 atom stereocenters. The van der Waals surface area contributed by atoms with Crippen LogP contribution in [0.5, 0.6) is 5.75 Å². The van der Waals surface area contributed by atoms with Crippen LogP contribution in [0.15, 0.2) is 59.6 Å². The van der Waals surface area contributed by atoms with Gasteiger partial charge in [0.05, 0.1) is 31.1 Å². The first-order valence-corrected chi connectivity index (χ1v) is 11.6. The average Bonchev–Trinajstić information content (AvgIpc) is 3.13. The number of hydrogen-bond donors (Lipinski definition) is 0. The second kappa shape index (κ2) is 7.60. The largest absolute Gasteiger partial charge is 0.497 e. The van der Waals surface area contributed by atoms with Crippen molar-refractivity contribution in [3.8, 4) is 5.75 Å². The fraction of sp³-hybridized carbons (Fsp3) is 0.300. The van der Waals surface area contributed by atoms with Crippen LogP contribution in [0.2, 0.25) is 0 Å². The van der Waals surface area contributed by atoms with E-state index >= 15 is 0 Å². The van der Waals surface area contributed by atoms with Gasteiger partial charge in [0.15, 0.2) is 15.0 Å². The molecule has 1 amide bonds. The number of amidine groups is 1. The standard InChI is InChI=1S/C20H20N2O4S2/c1-26-16-9-7-15(8-10-16)22-17-12-28(24,25)13-18(17)27-20(22)21-19(23)11-14-5-3-2-4-6-14/h2-10,17-18H,11-13H2,1H3. The number of nitrogens with zero attached hydrogens (tertiary/aromatic N) is 2. The molecule has 2 aromatic rings. The van der Waals surface area contributed by atoms with Gasteiger partial charge in [-0.1, -0.05) is 42.1 Å². The molecular weight excluding hydrogens is 396 g/mol. The number of anilines is 1. The monoisotopic (exact) mass is 416 g/mol. The minimum absolute atomic E-state index is 0.0720. The van der Waals surface area contributed by atoms with Gasteiger partial charge in [0.25, 0.3) is 5.91 Å². The second-order valence-electron chi connectivity index (χ2n) is 6.82. The van der Waals surface area contributed by atoms with Crippen molar-refractivity contribution < 1.29 is 17.9 Å². The molecular formula is C20H20N2O4S2. The Morgan fingerprint density at radius 2 is 1.86 bits per heavy atom. The Labute approximate surface area is 168 Å². The first-order valence-electron chi connectivity index (χ1n) is 8.91. The van der Waals surface area contributed by atoms with Crippen molar-refractivity contribution in [1.29, 1.82) is 0 Å². The van der Waals surface area contributed by atoms with Gasteiger partial charge in [-0.3, -0.25) is 4.79 Å². The van der Waals surface area contributed by atoms with E-state index in [9.17, 15) is 13.2 Å². The molecule has 2 saturated heterocycles.